The van der Waals surface area contributed by atoms with Gasteiger partial charge in [0.2, 0.25) is 0 Å². The normalized spacial score (nSPS) is 16.8. The van der Waals surface area contributed by atoms with E-state index in [-0.39, 0.29) is 11.9 Å². The van der Waals surface area contributed by atoms with Crippen LogP contribution in [0.3, 0.4) is 0 Å². The van der Waals surface area contributed by atoms with E-state index in [0.717, 1.165) is 59.4 Å². The smallest absolute Gasteiger partial charge is 0.254 e. The lowest BCUT2D eigenvalue weighted by molar-refractivity contribution is 0.0729. The highest BCUT2D eigenvalue weighted by Crippen LogP contribution is 2.33. The van der Waals surface area contributed by atoms with E-state index in [2.05, 4.69) is 17.8 Å². The van der Waals surface area contributed by atoms with Gasteiger partial charge < -0.3 is 9.88 Å². The molecular weight excluding hydrogens is 322 g/mol. The highest BCUT2D eigenvalue weighted by molar-refractivity contribution is 5.96. The topological polar surface area (TPSA) is 49.0 Å². The molecule has 0 aliphatic carbocycles. The quantitative estimate of drug-likeness (QED) is 0.728. The monoisotopic (exact) mass is 343 g/mol. The molecule has 0 spiro atoms. The van der Waals surface area contributed by atoms with E-state index in [9.17, 15) is 4.79 Å². The molecule has 0 bridgehead atoms. The van der Waals surface area contributed by atoms with E-state index in [4.69, 9.17) is 11.4 Å². The van der Waals surface area contributed by atoms with E-state index in [1.54, 1.807) is 0 Å². The Labute approximate surface area is 153 Å². The molecule has 1 fully saturated rings. The van der Waals surface area contributed by atoms with Crippen LogP contribution < -0.4 is 0 Å². The van der Waals surface area contributed by atoms with Gasteiger partial charge in [0.25, 0.3) is 5.91 Å². The Balaban J connectivity index is 1.68. The number of carbonyl (C=O) groups excluding carboxylic acids is 1. The van der Waals surface area contributed by atoms with Crippen molar-refractivity contribution in [3.05, 3.63) is 65.0 Å². The summed E-state index contributed by atoms with van der Waals surface area (Å²) in [5.74, 6) is 3.58. The number of rotatable bonds is 3. The first kappa shape index (κ1) is 16.4. The molecule has 0 radical (unpaired) electrons. The second-order valence-electron chi connectivity index (χ2n) is 6.67. The molecule has 1 amide bonds. The Morgan fingerprint density at radius 1 is 1.35 bits per heavy atom. The number of imidazole rings is 1. The lowest BCUT2D eigenvalue weighted by Gasteiger charge is -2.24. The van der Waals surface area contributed by atoms with Gasteiger partial charge in [-0.05, 0) is 49.1 Å². The predicted octanol–water partition coefficient (Wildman–Crippen LogP) is 4.08. The highest BCUT2D eigenvalue weighted by atomic mass is 16.2. The molecular formula is C22H21N3O. The van der Waals surface area contributed by atoms with Crippen LogP contribution in [0.25, 0.3) is 11.0 Å². The van der Waals surface area contributed by atoms with Gasteiger partial charge in [0.1, 0.15) is 5.82 Å². The highest BCUT2D eigenvalue weighted by Gasteiger charge is 2.33. The second-order valence-corrected chi connectivity index (χ2v) is 6.67. The number of hydrogen-bond donors (Lipinski definition) is 1. The van der Waals surface area contributed by atoms with Crippen LogP contribution in [-0.4, -0.2) is 27.3 Å². The van der Waals surface area contributed by atoms with Crippen LogP contribution in [0.1, 0.15) is 53.1 Å². The molecule has 0 unspecified atom stereocenters. The average Bonchev–Trinajstić information content (AvgIpc) is 3.33. The minimum atomic E-state index is -0.0194. The number of H-pyrrole nitrogens is 1. The van der Waals surface area contributed by atoms with Gasteiger partial charge >= 0.3 is 0 Å². The van der Waals surface area contributed by atoms with Crippen LogP contribution in [0.5, 0.6) is 0 Å². The lowest BCUT2D eigenvalue weighted by atomic mass is 10.0. The molecule has 1 saturated heterocycles. The maximum absolute atomic E-state index is 13.2. The van der Waals surface area contributed by atoms with Crippen LogP contribution in [0, 0.1) is 12.3 Å². The second kappa shape index (κ2) is 6.68. The Bertz CT molecular complexity index is 1010. The molecule has 3 aromatic rings. The molecule has 26 heavy (non-hydrogen) atoms. The molecule has 1 atom stereocenters. The molecule has 1 N–H and O–H groups in total. The molecule has 4 heteroatoms. The van der Waals surface area contributed by atoms with Crippen LogP contribution in [0.4, 0.5) is 0 Å². The molecule has 1 aromatic heterocycles. The Morgan fingerprint density at radius 3 is 3.00 bits per heavy atom. The summed E-state index contributed by atoms with van der Waals surface area (Å²) >= 11 is 0. The van der Waals surface area contributed by atoms with Gasteiger partial charge in [0, 0.05) is 17.7 Å². The summed E-state index contributed by atoms with van der Waals surface area (Å²) in [5.41, 5.74) is 4.51. The molecule has 2 aromatic carbocycles. The van der Waals surface area contributed by atoms with Crippen molar-refractivity contribution in [1.29, 1.82) is 0 Å². The fourth-order valence-electron chi connectivity index (χ4n) is 3.76. The van der Waals surface area contributed by atoms with Crippen molar-refractivity contribution in [2.45, 2.75) is 32.2 Å². The summed E-state index contributed by atoms with van der Waals surface area (Å²) in [6, 6.07) is 13.6. The third-order valence-corrected chi connectivity index (χ3v) is 5.12. The van der Waals surface area contributed by atoms with Gasteiger partial charge in [-0.3, -0.25) is 4.79 Å². The first-order chi connectivity index (χ1) is 12.7. The van der Waals surface area contributed by atoms with E-state index in [0.29, 0.717) is 0 Å². The third kappa shape index (κ3) is 2.76. The lowest BCUT2D eigenvalue weighted by Crippen LogP contribution is -2.31. The number of benzene rings is 2. The van der Waals surface area contributed by atoms with Gasteiger partial charge in [-0.1, -0.05) is 31.0 Å². The number of likely N-dealkylation sites (tertiary alicyclic amines) is 1. The van der Waals surface area contributed by atoms with Crippen molar-refractivity contribution in [3.63, 3.8) is 0 Å². The summed E-state index contributed by atoms with van der Waals surface area (Å²) < 4.78 is 0. The Kier molecular flexibility index (Phi) is 4.22. The number of terminal acetylenes is 1. The summed E-state index contributed by atoms with van der Waals surface area (Å²) in [5, 5.41) is 0. The van der Waals surface area contributed by atoms with Gasteiger partial charge in [-0.15, -0.1) is 6.42 Å². The first-order valence-corrected chi connectivity index (χ1v) is 9.06. The van der Waals surface area contributed by atoms with Crippen LogP contribution in [0.2, 0.25) is 0 Å². The number of nitrogens with one attached hydrogen (secondary N) is 1. The molecule has 1 aliphatic rings. The van der Waals surface area contributed by atoms with Gasteiger partial charge in [-0.25, -0.2) is 4.98 Å². The van der Waals surface area contributed by atoms with Crippen molar-refractivity contribution in [2.24, 2.45) is 0 Å². The first-order valence-electron chi connectivity index (χ1n) is 9.06. The minimum absolute atomic E-state index is 0.0194. The van der Waals surface area contributed by atoms with Crippen LogP contribution >= 0.6 is 0 Å². The average molecular weight is 343 g/mol. The fraction of sp³-hybridized carbons (Fsp3) is 0.273. The number of hydrogen-bond acceptors (Lipinski definition) is 2. The van der Waals surface area contributed by atoms with Crippen LogP contribution in [-0.2, 0) is 6.42 Å². The molecule has 130 valence electrons. The summed E-state index contributed by atoms with van der Waals surface area (Å²) in [6.45, 7) is 2.84. The Morgan fingerprint density at radius 2 is 2.19 bits per heavy atom. The van der Waals surface area contributed by atoms with Crippen molar-refractivity contribution in [1.82, 2.24) is 14.9 Å². The fourth-order valence-corrected chi connectivity index (χ4v) is 3.76. The molecule has 0 saturated carbocycles. The van der Waals surface area contributed by atoms with E-state index >= 15 is 0 Å². The summed E-state index contributed by atoms with van der Waals surface area (Å²) in [4.78, 5) is 23.2. The van der Waals surface area contributed by atoms with Gasteiger partial charge in [0.05, 0.1) is 17.1 Å². The van der Waals surface area contributed by atoms with Gasteiger partial charge in [-0.2, -0.15) is 0 Å². The van der Waals surface area contributed by atoms with Gasteiger partial charge in [0.15, 0.2) is 0 Å². The SMILES string of the molecule is C#Cc1ccc2nc([C@@H]3CCCN3C(=O)c3ccccc3CC)[nH]c2c1. The van der Waals surface area contributed by atoms with Crippen molar-refractivity contribution < 1.29 is 4.79 Å². The number of aryl methyl sites for hydroxylation is 1. The minimum Gasteiger partial charge on any atom is -0.340 e. The number of carbonyl (C=O) groups is 1. The summed E-state index contributed by atoms with van der Waals surface area (Å²) in [7, 11) is 0. The number of aromatic amines is 1. The number of aromatic nitrogens is 2. The predicted molar refractivity (Wildman–Crippen MR) is 103 cm³/mol. The zero-order valence-corrected chi connectivity index (χ0v) is 14.8. The maximum atomic E-state index is 13.2. The van der Waals surface area contributed by atoms with Crippen molar-refractivity contribution in [2.75, 3.05) is 6.54 Å². The number of nitrogens with zero attached hydrogens (tertiary/aromatic N) is 2. The van der Waals surface area contributed by atoms with E-state index in [1.165, 1.54) is 0 Å². The maximum Gasteiger partial charge on any atom is 0.254 e. The number of fused-ring (bicyclic) bond motifs is 1. The molecule has 4 rings (SSSR count). The molecule has 4 nitrogen and oxygen atoms in total. The Hall–Kier alpha value is -3.06. The molecule has 2 heterocycles. The summed E-state index contributed by atoms with van der Waals surface area (Å²) in [6.07, 6.45) is 8.24. The number of amides is 1. The zero-order valence-electron chi connectivity index (χ0n) is 14.8. The van der Waals surface area contributed by atoms with Crippen molar-refractivity contribution >= 4 is 16.9 Å². The third-order valence-electron chi connectivity index (χ3n) is 5.12. The molecule has 1 aliphatic heterocycles. The van der Waals surface area contributed by atoms with E-state index in [1.807, 2.05) is 47.4 Å². The van der Waals surface area contributed by atoms with Crippen LogP contribution in [0.15, 0.2) is 42.5 Å². The largest absolute Gasteiger partial charge is 0.340 e. The zero-order chi connectivity index (χ0) is 18.1. The standard InChI is InChI=1S/C22H21N3O/c1-3-15-11-12-18-19(14-15)24-21(23-18)20-10-7-13-25(20)22(26)17-9-6-5-8-16(17)4-2/h1,5-6,8-9,11-12,14,20H,4,7,10,13H2,2H3,(H,23,24)/t20-/m0/s1. The van der Waals surface area contributed by atoms with Crippen molar-refractivity contribution in [3.8, 4) is 12.3 Å². The van der Waals surface area contributed by atoms with E-state index < -0.39 is 0 Å².